The van der Waals surface area contributed by atoms with E-state index in [-0.39, 0.29) is 6.42 Å². The Bertz CT molecular complexity index is 844. The number of aliphatic carboxylic acids is 1. The Balaban J connectivity index is 2.06. The van der Waals surface area contributed by atoms with E-state index in [1.165, 1.54) is 0 Å². The Hall–Kier alpha value is -2.44. The topological polar surface area (TPSA) is 81.1 Å². The minimum Gasteiger partial charge on any atom is -0.480 e. The molecule has 5 nitrogen and oxygen atoms in total. The van der Waals surface area contributed by atoms with E-state index in [4.69, 9.17) is 10.8 Å². The summed E-state index contributed by atoms with van der Waals surface area (Å²) in [5, 5.41) is 13.8. The maximum Gasteiger partial charge on any atom is 0.320 e. The smallest absolute Gasteiger partial charge is 0.320 e. The van der Waals surface area contributed by atoms with Crippen molar-refractivity contribution in [2.24, 2.45) is 5.73 Å². The van der Waals surface area contributed by atoms with Gasteiger partial charge in [-0.1, -0.05) is 46.3 Å². The summed E-state index contributed by atoms with van der Waals surface area (Å²) in [5.41, 5.74) is 9.09. The van der Waals surface area contributed by atoms with Gasteiger partial charge in [0.25, 0.3) is 0 Å². The largest absolute Gasteiger partial charge is 0.480 e. The van der Waals surface area contributed by atoms with Gasteiger partial charge in [-0.25, -0.2) is 4.68 Å². The van der Waals surface area contributed by atoms with Crippen LogP contribution < -0.4 is 5.73 Å². The lowest BCUT2D eigenvalue weighted by molar-refractivity contribution is -0.138. The lowest BCUT2D eigenvalue weighted by Gasteiger charge is -2.06. The lowest BCUT2D eigenvalue weighted by Crippen LogP contribution is -2.32. The van der Waals surface area contributed by atoms with Crippen molar-refractivity contribution in [1.82, 2.24) is 9.78 Å². The summed E-state index contributed by atoms with van der Waals surface area (Å²) in [6.45, 7) is 0. The number of para-hydroxylation sites is 1. The first kappa shape index (κ1) is 16.4. The molecule has 0 fully saturated rings. The number of halogens is 1. The SMILES string of the molecule is NC(Cc1cn(-c2ccccc2)nc1-c1ccc(Br)cc1)C(=O)O. The van der Waals surface area contributed by atoms with Crippen LogP contribution in [-0.2, 0) is 11.2 Å². The van der Waals surface area contributed by atoms with Gasteiger partial charge in [-0.2, -0.15) is 5.10 Å². The third-order valence-corrected chi connectivity index (χ3v) is 4.21. The standard InChI is InChI=1S/C18H16BrN3O2/c19-14-8-6-12(7-9-14)17-13(10-16(20)18(23)24)11-22(21-17)15-4-2-1-3-5-15/h1-9,11,16H,10,20H2,(H,23,24). The third kappa shape index (κ3) is 3.55. The van der Waals surface area contributed by atoms with E-state index in [0.29, 0.717) is 0 Å². The first-order chi connectivity index (χ1) is 11.5. The van der Waals surface area contributed by atoms with E-state index >= 15 is 0 Å². The molecule has 0 saturated carbocycles. The van der Waals surface area contributed by atoms with Crippen molar-refractivity contribution in [2.45, 2.75) is 12.5 Å². The van der Waals surface area contributed by atoms with E-state index in [1.807, 2.05) is 60.8 Å². The number of carboxylic acids is 1. The maximum atomic E-state index is 11.1. The molecule has 0 amide bonds. The van der Waals surface area contributed by atoms with Crippen LogP contribution in [0.25, 0.3) is 16.9 Å². The predicted octanol–water partition coefficient (Wildman–Crippen LogP) is 3.26. The van der Waals surface area contributed by atoms with E-state index in [1.54, 1.807) is 4.68 Å². The second kappa shape index (κ2) is 6.98. The molecule has 0 spiro atoms. The van der Waals surface area contributed by atoms with Crippen molar-refractivity contribution in [1.29, 1.82) is 0 Å². The van der Waals surface area contributed by atoms with Crippen LogP contribution in [0.1, 0.15) is 5.56 Å². The number of nitrogens with two attached hydrogens (primary N) is 1. The molecule has 0 radical (unpaired) electrons. The first-order valence-electron chi connectivity index (χ1n) is 7.43. The molecule has 2 aromatic carbocycles. The van der Waals surface area contributed by atoms with Crippen molar-refractivity contribution >= 4 is 21.9 Å². The molecule has 0 aliphatic carbocycles. The highest BCUT2D eigenvalue weighted by molar-refractivity contribution is 9.10. The molecule has 122 valence electrons. The zero-order valence-electron chi connectivity index (χ0n) is 12.8. The van der Waals surface area contributed by atoms with Gasteiger partial charge in [0.1, 0.15) is 6.04 Å². The minimum absolute atomic E-state index is 0.216. The Morgan fingerprint density at radius 3 is 2.46 bits per heavy atom. The van der Waals surface area contributed by atoms with Crippen LogP contribution in [0.5, 0.6) is 0 Å². The Morgan fingerprint density at radius 2 is 1.83 bits per heavy atom. The number of nitrogens with zero attached hydrogens (tertiary/aromatic N) is 2. The fourth-order valence-corrected chi connectivity index (χ4v) is 2.71. The van der Waals surface area contributed by atoms with Crippen molar-refractivity contribution in [3.05, 3.63) is 70.8 Å². The van der Waals surface area contributed by atoms with Gasteiger partial charge in [0, 0.05) is 28.2 Å². The molecule has 3 N–H and O–H groups in total. The van der Waals surface area contributed by atoms with Gasteiger partial charge in [-0.3, -0.25) is 4.79 Å². The number of hydrogen-bond donors (Lipinski definition) is 2. The van der Waals surface area contributed by atoms with Crippen molar-refractivity contribution in [2.75, 3.05) is 0 Å². The molecule has 0 bridgehead atoms. The van der Waals surface area contributed by atoms with Crippen LogP contribution in [0.15, 0.2) is 65.3 Å². The Kier molecular flexibility index (Phi) is 4.78. The van der Waals surface area contributed by atoms with Gasteiger partial charge in [0.2, 0.25) is 0 Å². The molecule has 1 heterocycles. The number of hydrogen-bond acceptors (Lipinski definition) is 3. The quantitative estimate of drug-likeness (QED) is 0.706. The highest BCUT2D eigenvalue weighted by Crippen LogP contribution is 2.26. The molecular formula is C18H16BrN3O2. The van der Waals surface area contributed by atoms with Crippen LogP contribution in [0.2, 0.25) is 0 Å². The molecule has 0 saturated heterocycles. The van der Waals surface area contributed by atoms with Crippen molar-refractivity contribution in [3.63, 3.8) is 0 Å². The van der Waals surface area contributed by atoms with Crippen LogP contribution in [0.3, 0.4) is 0 Å². The third-order valence-electron chi connectivity index (χ3n) is 3.69. The number of rotatable bonds is 5. The lowest BCUT2D eigenvalue weighted by atomic mass is 10.0. The number of carboxylic acid groups (broad SMARTS) is 1. The molecule has 1 atom stereocenters. The van der Waals surface area contributed by atoms with Gasteiger partial charge in [0.15, 0.2) is 0 Å². The molecular weight excluding hydrogens is 370 g/mol. The Morgan fingerprint density at radius 1 is 1.17 bits per heavy atom. The van der Waals surface area contributed by atoms with Crippen LogP contribution in [0.4, 0.5) is 0 Å². The molecule has 1 unspecified atom stereocenters. The van der Waals surface area contributed by atoms with E-state index < -0.39 is 12.0 Å². The van der Waals surface area contributed by atoms with Crippen molar-refractivity contribution in [3.8, 4) is 16.9 Å². The van der Waals surface area contributed by atoms with Crippen LogP contribution >= 0.6 is 15.9 Å². The average Bonchev–Trinajstić information content (AvgIpc) is 3.00. The second-order valence-electron chi connectivity index (χ2n) is 5.44. The average molecular weight is 386 g/mol. The van der Waals surface area contributed by atoms with Gasteiger partial charge < -0.3 is 10.8 Å². The molecule has 0 aliphatic heterocycles. The summed E-state index contributed by atoms with van der Waals surface area (Å²) in [4.78, 5) is 11.1. The van der Waals surface area contributed by atoms with E-state index in [9.17, 15) is 4.79 Å². The Labute approximate surface area is 147 Å². The summed E-state index contributed by atoms with van der Waals surface area (Å²) in [6.07, 6.45) is 2.06. The molecule has 1 aromatic heterocycles. The predicted molar refractivity (Wildman–Crippen MR) is 96.0 cm³/mol. The fraction of sp³-hybridized carbons (Fsp3) is 0.111. The molecule has 0 aliphatic rings. The van der Waals surface area contributed by atoms with E-state index in [0.717, 1.165) is 27.0 Å². The maximum absolute atomic E-state index is 11.1. The number of benzene rings is 2. The van der Waals surface area contributed by atoms with Gasteiger partial charge >= 0.3 is 5.97 Å². The van der Waals surface area contributed by atoms with Gasteiger partial charge in [0.05, 0.1) is 11.4 Å². The summed E-state index contributed by atoms with van der Waals surface area (Å²) in [7, 11) is 0. The molecule has 3 rings (SSSR count). The van der Waals surface area contributed by atoms with Gasteiger partial charge in [-0.15, -0.1) is 0 Å². The monoisotopic (exact) mass is 385 g/mol. The summed E-state index contributed by atoms with van der Waals surface area (Å²) in [6, 6.07) is 16.5. The molecule has 24 heavy (non-hydrogen) atoms. The van der Waals surface area contributed by atoms with Crippen LogP contribution in [-0.4, -0.2) is 26.9 Å². The molecule has 6 heteroatoms. The zero-order chi connectivity index (χ0) is 17.1. The summed E-state index contributed by atoms with van der Waals surface area (Å²) < 4.78 is 2.72. The second-order valence-corrected chi connectivity index (χ2v) is 6.35. The fourth-order valence-electron chi connectivity index (χ4n) is 2.45. The summed E-state index contributed by atoms with van der Waals surface area (Å²) in [5.74, 6) is -1.02. The number of aromatic nitrogens is 2. The van der Waals surface area contributed by atoms with E-state index in [2.05, 4.69) is 21.0 Å². The normalized spacial score (nSPS) is 12.1. The first-order valence-corrected chi connectivity index (χ1v) is 8.22. The van der Waals surface area contributed by atoms with Crippen molar-refractivity contribution < 1.29 is 9.90 Å². The number of carbonyl (C=O) groups is 1. The van der Waals surface area contributed by atoms with Crippen LogP contribution in [0, 0.1) is 0 Å². The minimum atomic E-state index is -1.02. The molecule has 3 aromatic rings. The summed E-state index contributed by atoms with van der Waals surface area (Å²) >= 11 is 3.41. The zero-order valence-corrected chi connectivity index (χ0v) is 14.3. The van der Waals surface area contributed by atoms with Gasteiger partial charge in [-0.05, 0) is 24.3 Å². The highest BCUT2D eigenvalue weighted by Gasteiger charge is 2.18. The highest BCUT2D eigenvalue weighted by atomic mass is 79.9.